The molecule has 0 spiro atoms. The Bertz CT molecular complexity index is 602. The molecule has 0 bridgehead atoms. The fourth-order valence-corrected chi connectivity index (χ4v) is 3.47. The Labute approximate surface area is 127 Å². The lowest BCUT2D eigenvalue weighted by Gasteiger charge is -2.38. The van der Waals surface area contributed by atoms with Gasteiger partial charge in [-0.25, -0.2) is 4.98 Å². The van der Waals surface area contributed by atoms with Crippen LogP contribution in [0.1, 0.15) is 44.4 Å². The first-order valence-electron chi connectivity index (χ1n) is 8.09. The van der Waals surface area contributed by atoms with Crippen molar-refractivity contribution in [1.29, 1.82) is 0 Å². The average molecular weight is 286 g/mol. The molecule has 4 heteroatoms. The number of fused-ring (bicyclic) bond motifs is 1. The summed E-state index contributed by atoms with van der Waals surface area (Å²) in [5, 5.41) is 0. The molecule has 3 heterocycles. The van der Waals surface area contributed by atoms with Crippen molar-refractivity contribution in [3.05, 3.63) is 35.8 Å². The van der Waals surface area contributed by atoms with Crippen LogP contribution in [0.3, 0.4) is 0 Å². The Morgan fingerprint density at radius 1 is 1.29 bits per heavy atom. The molecule has 0 aliphatic carbocycles. The molecule has 3 rings (SSSR count). The van der Waals surface area contributed by atoms with Gasteiger partial charge in [-0.15, -0.1) is 0 Å². The second kappa shape index (κ2) is 6.16. The SMILES string of the molecule is CC(C)N1CCCCC1Cc1cn2cc(CN)ccc2n1. The van der Waals surface area contributed by atoms with Crippen molar-refractivity contribution in [2.24, 2.45) is 5.73 Å². The highest BCUT2D eigenvalue weighted by atomic mass is 15.2. The zero-order chi connectivity index (χ0) is 14.8. The van der Waals surface area contributed by atoms with Crippen LogP contribution in [0.2, 0.25) is 0 Å². The molecule has 21 heavy (non-hydrogen) atoms. The number of rotatable bonds is 4. The summed E-state index contributed by atoms with van der Waals surface area (Å²) in [5.41, 5.74) is 9.07. The Morgan fingerprint density at radius 3 is 2.90 bits per heavy atom. The fourth-order valence-electron chi connectivity index (χ4n) is 3.47. The summed E-state index contributed by atoms with van der Waals surface area (Å²) < 4.78 is 2.11. The van der Waals surface area contributed by atoms with Gasteiger partial charge in [0.1, 0.15) is 5.65 Å². The van der Waals surface area contributed by atoms with E-state index in [0.29, 0.717) is 18.6 Å². The second-order valence-corrected chi connectivity index (χ2v) is 6.42. The predicted molar refractivity (Wildman–Crippen MR) is 86.3 cm³/mol. The molecular formula is C17H26N4. The average Bonchev–Trinajstić information content (AvgIpc) is 2.88. The first-order valence-corrected chi connectivity index (χ1v) is 8.09. The van der Waals surface area contributed by atoms with Crippen LogP contribution in [0, 0.1) is 0 Å². The minimum atomic E-state index is 0.577. The lowest BCUT2D eigenvalue weighted by Crippen LogP contribution is -2.45. The topological polar surface area (TPSA) is 46.6 Å². The van der Waals surface area contributed by atoms with Crippen LogP contribution >= 0.6 is 0 Å². The molecule has 4 nitrogen and oxygen atoms in total. The quantitative estimate of drug-likeness (QED) is 0.939. The highest BCUT2D eigenvalue weighted by Crippen LogP contribution is 2.22. The van der Waals surface area contributed by atoms with Crippen molar-refractivity contribution in [3.63, 3.8) is 0 Å². The van der Waals surface area contributed by atoms with E-state index in [-0.39, 0.29) is 0 Å². The highest BCUT2D eigenvalue weighted by Gasteiger charge is 2.25. The van der Waals surface area contributed by atoms with Gasteiger partial charge in [0.05, 0.1) is 5.69 Å². The molecule has 0 saturated carbocycles. The molecule has 2 aromatic rings. The standard InChI is InChI=1S/C17H26N4/c1-13(2)21-8-4-3-5-16(21)9-15-12-20-11-14(10-18)6-7-17(20)19-15/h6-7,11-13,16H,3-5,8-10,18H2,1-2H3. The van der Waals surface area contributed by atoms with E-state index in [1.807, 2.05) is 0 Å². The van der Waals surface area contributed by atoms with E-state index < -0.39 is 0 Å². The van der Waals surface area contributed by atoms with E-state index in [0.717, 1.165) is 17.6 Å². The summed E-state index contributed by atoms with van der Waals surface area (Å²) in [6.45, 7) is 6.41. The molecule has 0 aromatic carbocycles. The van der Waals surface area contributed by atoms with Crippen molar-refractivity contribution < 1.29 is 0 Å². The van der Waals surface area contributed by atoms with Gasteiger partial charge in [-0.2, -0.15) is 0 Å². The van der Waals surface area contributed by atoms with Gasteiger partial charge < -0.3 is 10.1 Å². The van der Waals surface area contributed by atoms with Gasteiger partial charge in [-0.3, -0.25) is 4.90 Å². The number of hydrogen-bond acceptors (Lipinski definition) is 3. The van der Waals surface area contributed by atoms with Crippen molar-refractivity contribution in [1.82, 2.24) is 14.3 Å². The minimum absolute atomic E-state index is 0.577. The van der Waals surface area contributed by atoms with E-state index in [9.17, 15) is 0 Å². The van der Waals surface area contributed by atoms with Crippen LogP contribution < -0.4 is 5.73 Å². The summed E-state index contributed by atoms with van der Waals surface area (Å²) in [4.78, 5) is 7.41. The van der Waals surface area contributed by atoms with Crippen LogP contribution in [0.4, 0.5) is 0 Å². The first-order chi connectivity index (χ1) is 10.2. The van der Waals surface area contributed by atoms with Gasteiger partial charge in [-0.1, -0.05) is 12.5 Å². The number of imidazole rings is 1. The maximum atomic E-state index is 5.71. The smallest absolute Gasteiger partial charge is 0.136 e. The largest absolute Gasteiger partial charge is 0.326 e. The van der Waals surface area contributed by atoms with Gasteiger partial charge in [0.25, 0.3) is 0 Å². The molecular weight excluding hydrogens is 260 g/mol. The third-order valence-electron chi connectivity index (χ3n) is 4.58. The number of pyridine rings is 1. The predicted octanol–water partition coefficient (Wildman–Crippen LogP) is 2.60. The molecule has 1 aliphatic heterocycles. The second-order valence-electron chi connectivity index (χ2n) is 6.42. The summed E-state index contributed by atoms with van der Waals surface area (Å²) >= 11 is 0. The molecule has 1 unspecified atom stereocenters. The molecule has 2 N–H and O–H groups in total. The van der Waals surface area contributed by atoms with Crippen LogP contribution in [-0.2, 0) is 13.0 Å². The summed E-state index contributed by atoms with van der Waals surface area (Å²) in [7, 11) is 0. The Hall–Kier alpha value is -1.39. The third kappa shape index (κ3) is 3.11. The lowest BCUT2D eigenvalue weighted by atomic mass is 9.97. The number of piperidine rings is 1. The van der Waals surface area contributed by atoms with Gasteiger partial charge >= 0.3 is 0 Å². The molecule has 114 valence electrons. The molecule has 2 aromatic heterocycles. The number of nitrogens with zero attached hydrogens (tertiary/aromatic N) is 3. The molecule has 1 atom stereocenters. The van der Waals surface area contributed by atoms with E-state index >= 15 is 0 Å². The van der Waals surface area contributed by atoms with Crippen molar-refractivity contribution in [2.75, 3.05) is 6.54 Å². The van der Waals surface area contributed by atoms with Crippen molar-refractivity contribution in [3.8, 4) is 0 Å². The number of hydrogen-bond donors (Lipinski definition) is 1. The van der Waals surface area contributed by atoms with E-state index in [1.54, 1.807) is 0 Å². The molecule has 1 aliphatic rings. The maximum absolute atomic E-state index is 5.71. The Morgan fingerprint density at radius 2 is 2.14 bits per heavy atom. The molecule has 0 amide bonds. The Kier molecular flexibility index (Phi) is 4.27. The zero-order valence-electron chi connectivity index (χ0n) is 13.1. The van der Waals surface area contributed by atoms with Gasteiger partial charge in [0, 0.05) is 37.4 Å². The normalized spacial score (nSPS) is 20.5. The highest BCUT2D eigenvalue weighted by molar-refractivity contribution is 5.41. The van der Waals surface area contributed by atoms with Crippen molar-refractivity contribution >= 4 is 5.65 Å². The zero-order valence-corrected chi connectivity index (χ0v) is 13.1. The first kappa shape index (κ1) is 14.5. The van der Waals surface area contributed by atoms with Gasteiger partial charge in [-0.05, 0) is 44.9 Å². The van der Waals surface area contributed by atoms with E-state index in [4.69, 9.17) is 10.7 Å². The van der Waals surface area contributed by atoms with E-state index in [1.165, 1.54) is 31.5 Å². The molecule has 1 saturated heterocycles. The molecule has 0 radical (unpaired) electrons. The van der Waals surface area contributed by atoms with E-state index in [2.05, 4.69) is 47.7 Å². The van der Waals surface area contributed by atoms with Gasteiger partial charge in [0.15, 0.2) is 0 Å². The summed E-state index contributed by atoms with van der Waals surface area (Å²) in [5.74, 6) is 0. The number of likely N-dealkylation sites (tertiary alicyclic amines) is 1. The van der Waals surface area contributed by atoms with Crippen molar-refractivity contribution in [2.45, 2.75) is 58.2 Å². The summed E-state index contributed by atoms with van der Waals surface area (Å²) in [6.07, 6.45) is 9.28. The number of aromatic nitrogens is 2. The lowest BCUT2D eigenvalue weighted by molar-refractivity contribution is 0.111. The van der Waals surface area contributed by atoms with Crippen LogP contribution in [0.5, 0.6) is 0 Å². The summed E-state index contributed by atoms with van der Waals surface area (Å²) in [6, 6.07) is 5.38. The van der Waals surface area contributed by atoms with Crippen LogP contribution in [-0.4, -0.2) is 32.9 Å². The van der Waals surface area contributed by atoms with Crippen LogP contribution in [0.15, 0.2) is 24.5 Å². The third-order valence-corrected chi connectivity index (χ3v) is 4.58. The number of nitrogens with two attached hydrogens (primary N) is 1. The monoisotopic (exact) mass is 286 g/mol. The fraction of sp³-hybridized carbons (Fsp3) is 0.588. The minimum Gasteiger partial charge on any atom is -0.326 e. The molecule has 1 fully saturated rings. The van der Waals surface area contributed by atoms with Crippen LogP contribution in [0.25, 0.3) is 5.65 Å². The van der Waals surface area contributed by atoms with Gasteiger partial charge in [0.2, 0.25) is 0 Å². The maximum Gasteiger partial charge on any atom is 0.136 e. The Balaban J connectivity index is 1.80.